The Bertz CT molecular complexity index is 1130. The normalized spacial score (nSPS) is 21.7. The molecule has 34 heavy (non-hydrogen) atoms. The van der Waals surface area contributed by atoms with Crippen LogP contribution in [0, 0.1) is 0 Å². The third-order valence-electron chi connectivity index (χ3n) is 7.51. The summed E-state index contributed by atoms with van der Waals surface area (Å²) in [7, 11) is 1.70. The van der Waals surface area contributed by atoms with E-state index in [0.29, 0.717) is 6.04 Å². The van der Waals surface area contributed by atoms with Gasteiger partial charge in [-0.25, -0.2) is 0 Å². The van der Waals surface area contributed by atoms with Crippen molar-refractivity contribution >= 4 is 16.8 Å². The van der Waals surface area contributed by atoms with Gasteiger partial charge >= 0.3 is 0 Å². The number of hydrogen-bond acceptors (Lipinski definition) is 3. The van der Waals surface area contributed by atoms with Crippen LogP contribution in [0.2, 0.25) is 0 Å². The largest absolute Gasteiger partial charge is 0.497 e. The highest BCUT2D eigenvalue weighted by atomic mass is 16.5. The van der Waals surface area contributed by atoms with Gasteiger partial charge < -0.3 is 20.4 Å². The molecular weight excluding hydrogens is 422 g/mol. The maximum atomic E-state index is 13.5. The first-order valence-corrected chi connectivity index (χ1v) is 12.6. The SMILES string of the molecule is COc1ccc2[nH]cc(C3C=CNC(CC(C(=O)NC4CCCCC4)c4ccccc4)C3)c2c1. The van der Waals surface area contributed by atoms with Gasteiger partial charge in [-0.15, -0.1) is 0 Å². The average Bonchev–Trinajstić information content (AvgIpc) is 3.32. The van der Waals surface area contributed by atoms with E-state index in [1.54, 1.807) is 7.11 Å². The number of carbonyl (C=O) groups is 1. The molecule has 1 aromatic heterocycles. The zero-order chi connectivity index (χ0) is 23.3. The Hall–Kier alpha value is -3.21. The summed E-state index contributed by atoms with van der Waals surface area (Å²) >= 11 is 0. The van der Waals surface area contributed by atoms with E-state index in [0.717, 1.165) is 42.5 Å². The predicted molar refractivity (Wildman–Crippen MR) is 137 cm³/mol. The number of fused-ring (bicyclic) bond motifs is 1. The lowest BCUT2D eigenvalue weighted by Crippen LogP contribution is -2.41. The molecule has 0 bridgehead atoms. The molecule has 3 unspecified atom stereocenters. The molecule has 0 spiro atoms. The van der Waals surface area contributed by atoms with Gasteiger partial charge in [0, 0.05) is 35.1 Å². The quantitative estimate of drug-likeness (QED) is 0.423. The number of rotatable bonds is 7. The molecule has 178 valence electrons. The number of carbonyl (C=O) groups excluding carboxylic acids is 1. The number of benzene rings is 2. The van der Waals surface area contributed by atoms with Gasteiger partial charge in [0.05, 0.1) is 13.0 Å². The first-order valence-electron chi connectivity index (χ1n) is 12.6. The summed E-state index contributed by atoms with van der Waals surface area (Å²) in [5.74, 6) is 1.16. The fourth-order valence-electron chi connectivity index (χ4n) is 5.62. The second kappa shape index (κ2) is 10.4. The van der Waals surface area contributed by atoms with Crippen molar-refractivity contribution in [2.24, 2.45) is 0 Å². The monoisotopic (exact) mass is 457 g/mol. The van der Waals surface area contributed by atoms with Gasteiger partial charge in [0.25, 0.3) is 0 Å². The molecule has 2 aliphatic rings. The van der Waals surface area contributed by atoms with Gasteiger partial charge in [-0.2, -0.15) is 0 Å². The molecule has 5 rings (SSSR count). The highest BCUT2D eigenvalue weighted by Crippen LogP contribution is 2.35. The molecule has 0 radical (unpaired) electrons. The van der Waals surface area contributed by atoms with Crippen LogP contribution in [0.15, 0.2) is 67.0 Å². The second-order valence-electron chi connectivity index (χ2n) is 9.76. The van der Waals surface area contributed by atoms with E-state index >= 15 is 0 Å². The number of aromatic amines is 1. The molecule has 5 nitrogen and oxygen atoms in total. The highest BCUT2D eigenvalue weighted by Gasteiger charge is 2.29. The third kappa shape index (κ3) is 4.98. The number of hydrogen-bond donors (Lipinski definition) is 3. The summed E-state index contributed by atoms with van der Waals surface area (Å²) in [6, 6.07) is 17.0. The maximum absolute atomic E-state index is 13.5. The van der Waals surface area contributed by atoms with Gasteiger partial charge in [-0.3, -0.25) is 4.79 Å². The molecule has 2 aromatic carbocycles. The van der Waals surface area contributed by atoms with Gasteiger partial charge in [0.15, 0.2) is 0 Å². The Labute approximate surface area is 202 Å². The van der Waals surface area contributed by atoms with Crippen LogP contribution < -0.4 is 15.4 Å². The van der Waals surface area contributed by atoms with Gasteiger partial charge in [0.1, 0.15) is 5.75 Å². The summed E-state index contributed by atoms with van der Waals surface area (Å²) in [6.45, 7) is 0. The molecule has 2 heterocycles. The summed E-state index contributed by atoms with van der Waals surface area (Å²) in [5.41, 5.74) is 3.49. The number of methoxy groups -OCH3 is 1. The summed E-state index contributed by atoms with van der Waals surface area (Å²) in [6.07, 6.45) is 14.1. The van der Waals surface area contributed by atoms with E-state index in [1.165, 1.54) is 30.2 Å². The lowest BCUT2D eigenvalue weighted by Gasteiger charge is -2.31. The topological polar surface area (TPSA) is 66.1 Å². The fourth-order valence-corrected chi connectivity index (χ4v) is 5.62. The zero-order valence-corrected chi connectivity index (χ0v) is 19.9. The van der Waals surface area contributed by atoms with Crippen LogP contribution >= 0.6 is 0 Å². The fraction of sp³-hybridized carbons (Fsp3) is 0.414. The number of H-pyrrole nitrogens is 1. The van der Waals surface area contributed by atoms with Crippen molar-refractivity contribution in [2.45, 2.75) is 68.9 Å². The predicted octanol–water partition coefficient (Wildman–Crippen LogP) is 5.76. The Kier molecular flexibility index (Phi) is 6.89. The lowest BCUT2D eigenvalue weighted by atomic mass is 9.83. The Morgan fingerprint density at radius 1 is 1.12 bits per heavy atom. The molecule has 5 heteroatoms. The van der Waals surface area contributed by atoms with Crippen molar-refractivity contribution in [3.05, 3.63) is 78.1 Å². The standard InChI is InChI=1S/C29H35N3O2/c1-34-24-12-13-28-26(18-24)27(19-31-28)21-14-15-30-23(16-21)17-25(20-8-4-2-5-9-20)29(33)32-22-10-6-3-7-11-22/h2,4-5,8-9,12-15,18-19,21-23,25,30-31H,3,6-7,10-11,16-17H2,1H3,(H,32,33). The third-order valence-corrected chi connectivity index (χ3v) is 7.51. The van der Waals surface area contributed by atoms with Crippen LogP contribution in [0.5, 0.6) is 5.75 Å². The summed E-state index contributed by atoms with van der Waals surface area (Å²) < 4.78 is 5.46. The van der Waals surface area contributed by atoms with Crippen LogP contribution in [0.3, 0.4) is 0 Å². The van der Waals surface area contributed by atoms with Crippen LogP contribution in [-0.4, -0.2) is 30.1 Å². The van der Waals surface area contributed by atoms with Crippen molar-refractivity contribution in [2.75, 3.05) is 7.11 Å². The van der Waals surface area contributed by atoms with Crippen molar-refractivity contribution < 1.29 is 9.53 Å². The van der Waals surface area contributed by atoms with E-state index in [1.807, 2.05) is 24.3 Å². The zero-order valence-electron chi connectivity index (χ0n) is 19.9. The Balaban J connectivity index is 1.33. The average molecular weight is 458 g/mol. The van der Waals surface area contributed by atoms with Crippen LogP contribution in [0.25, 0.3) is 10.9 Å². The number of allylic oxidation sites excluding steroid dienone is 1. The minimum atomic E-state index is -0.157. The minimum absolute atomic E-state index is 0.157. The molecule has 1 amide bonds. The molecule has 3 aromatic rings. The lowest BCUT2D eigenvalue weighted by molar-refractivity contribution is -0.123. The molecular formula is C29H35N3O2. The maximum Gasteiger partial charge on any atom is 0.227 e. The number of ether oxygens (including phenoxy) is 1. The number of aromatic nitrogens is 1. The highest BCUT2D eigenvalue weighted by molar-refractivity contribution is 5.86. The molecule has 1 aliphatic carbocycles. The van der Waals surface area contributed by atoms with E-state index in [-0.39, 0.29) is 23.8 Å². The van der Waals surface area contributed by atoms with Crippen LogP contribution in [0.4, 0.5) is 0 Å². The molecule has 1 saturated carbocycles. The van der Waals surface area contributed by atoms with Crippen molar-refractivity contribution in [1.82, 2.24) is 15.6 Å². The molecule has 1 aliphatic heterocycles. The molecule has 1 fully saturated rings. The second-order valence-corrected chi connectivity index (χ2v) is 9.76. The molecule has 0 saturated heterocycles. The van der Waals surface area contributed by atoms with E-state index < -0.39 is 0 Å². The smallest absolute Gasteiger partial charge is 0.227 e. The minimum Gasteiger partial charge on any atom is -0.497 e. The van der Waals surface area contributed by atoms with Gasteiger partial charge in [-0.1, -0.05) is 55.7 Å². The first-order chi connectivity index (χ1) is 16.7. The van der Waals surface area contributed by atoms with E-state index in [4.69, 9.17) is 4.74 Å². The Morgan fingerprint density at radius 3 is 2.74 bits per heavy atom. The summed E-state index contributed by atoms with van der Waals surface area (Å²) in [5, 5.41) is 8.12. The van der Waals surface area contributed by atoms with Crippen molar-refractivity contribution in [3.8, 4) is 5.75 Å². The van der Waals surface area contributed by atoms with Crippen molar-refractivity contribution in [1.29, 1.82) is 0 Å². The van der Waals surface area contributed by atoms with Crippen molar-refractivity contribution in [3.63, 3.8) is 0 Å². The molecule has 3 atom stereocenters. The number of nitrogens with one attached hydrogen (secondary N) is 3. The van der Waals surface area contributed by atoms with Crippen LogP contribution in [-0.2, 0) is 4.79 Å². The van der Waals surface area contributed by atoms with Crippen LogP contribution in [0.1, 0.15) is 67.9 Å². The van der Waals surface area contributed by atoms with Gasteiger partial charge in [0.2, 0.25) is 5.91 Å². The Morgan fingerprint density at radius 2 is 1.94 bits per heavy atom. The molecule has 3 N–H and O–H groups in total. The van der Waals surface area contributed by atoms with Gasteiger partial charge in [-0.05, 0) is 61.2 Å². The summed E-state index contributed by atoms with van der Waals surface area (Å²) in [4.78, 5) is 16.9. The van der Waals surface area contributed by atoms with E-state index in [9.17, 15) is 4.79 Å². The number of amides is 1. The first kappa shape index (κ1) is 22.6. The van der Waals surface area contributed by atoms with E-state index in [2.05, 4.69) is 58.4 Å².